The number of thiazole rings is 1. The van der Waals surface area contributed by atoms with Crippen molar-refractivity contribution >= 4 is 23.1 Å². The number of hydrogen-bond donors (Lipinski definition) is 0. The highest BCUT2D eigenvalue weighted by molar-refractivity contribution is 7.98. The van der Waals surface area contributed by atoms with Gasteiger partial charge in [0.1, 0.15) is 17.4 Å². The first kappa shape index (κ1) is 21.8. The molecule has 0 bridgehead atoms. The van der Waals surface area contributed by atoms with Crippen LogP contribution in [0, 0.1) is 13.8 Å². The highest BCUT2D eigenvalue weighted by Gasteiger charge is 2.16. The van der Waals surface area contributed by atoms with Gasteiger partial charge in [-0.15, -0.1) is 21.5 Å². The number of thioether (sulfide) groups is 1. The van der Waals surface area contributed by atoms with Gasteiger partial charge in [-0.3, -0.25) is 0 Å². The van der Waals surface area contributed by atoms with Crippen molar-refractivity contribution in [1.82, 2.24) is 19.7 Å². The Bertz CT molecular complexity index is 1280. The van der Waals surface area contributed by atoms with Gasteiger partial charge >= 0.3 is 0 Å². The second kappa shape index (κ2) is 9.44. The Hall–Kier alpha value is -3.04. The molecule has 0 fully saturated rings. The predicted octanol–water partition coefficient (Wildman–Crippen LogP) is 5.64. The highest BCUT2D eigenvalue weighted by Crippen LogP contribution is 2.37. The molecule has 170 valence electrons. The Balaban J connectivity index is 1.24. The number of ether oxygens (including phenoxy) is 3. The van der Waals surface area contributed by atoms with E-state index in [1.165, 1.54) is 5.56 Å². The molecule has 2 aromatic heterocycles. The summed E-state index contributed by atoms with van der Waals surface area (Å²) in [6.45, 7) is 7.66. The molecule has 1 aliphatic heterocycles. The van der Waals surface area contributed by atoms with E-state index in [-0.39, 0.29) is 6.79 Å². The van der Waals surface area contributed by atoms with Crippen molar-refractivity contribution in [1.29, 1.82) is 0 Å². The van der Waals surface area contributed by atoms with Crippen LogP contribution in [0.3, 0.4) is 0 Å². The first-order chi connectivity index (χ1) is 16.1. The van der Waals surface area contributed by atoms with Crippen LogP contribution in [-0.2, 0) is 18.9 Å². The van der Waals surface area contributed by atoms with Crippen LogP contribution in [0.25, 0.3) is 10.6 Å². The van der Waals surface area contributed by atoms with Crippen LogP contribution in [0.2, 0.25) is 0 Å². The molecule has 0 atom stereocenters. The smallest absolute Gasteiger partial charge is 0.231 e. The number of aryl methyl sites for hydroxylation is 2. The predicted molar refractivity (Wildman–Crippen MR) is 129 cm³/mol. The minimum Gasteiger partial charge on any atom is -0.485 e. The second-order valence-corrected chi connectivity index (χ2v) is 9.50. The average Bonchev–Trinajstić information content (AvgIpc) is 3.55. The fourth-order valence-corrected chi connectivity index (χ4v) is 5.46. The van der Waals surface area contributed by atoms with Crippen molar-refractivity contribution < 1.29 is 14.2 Å². The van der Waals surface area contributed by atoms with Gasteiger partial charge in [-0.05, 0) is 50.6 Å². The topological polar surface area (TPSA) is 71.3 Å². The standard InChI is InChI=1S/C24H24N4O3S2/c1-4-28-22(11-29-19-7-5-15(2)9-16(19)3)26-27-24(28)33-13-18-12-32-23(25-18)17-6-8-20-21(10-17)31-14-30-20/h5-10,12H,4,11,13-14H2,1-3H3. The number of aromatic nitrogens is 4. The SMILES string of the molecule is CCn1c(COc2ccc(C)cc2C)nnc1SCc1csc(-c2ccc3c(c2)OCO3)n1. The van der Waals surface area contributed by atoms with Gasteiger partial charge in [-0.1, -0.05) is 29.5 Å². The molecule has 0 spiro atoms. The Kier molecular flexibility index (Phi) is 6.24. The molecule has 0 aliphatic carbocycles. The lowest BCUT2D eigenvalue weighted by Crippen LogP contribution is -2.07. The number of fused-ring (bicyclic) bond motifs is 1. The van der Waals surface area contributed by atoms with E-state index in [0.29, 0.717) is 6.61 Å². The van der Waals surface area contributed by atoms with Gasteiger partial charge in [-0.25, -0.2) is 4.98 Å². The zero-order valence-electron chi connectivity index (χ0n) is 18.7. The number of hydrogen-bond acceptors (Lipinski definition) is 8. The first-order valence-electron chi connectivity index (χ1n) is 10.7. The van der Waals surface area contributed by atoms with Crippen LogP contribution in [0.15, 0.2) is 46.9 Å². The molecule has 0 amide bonds. The summed E-state index contributed by atoms with van der Waals surface area (Å²) in [5.41, 5.74) is 4.38. The Morgan fingerprint density at radius 3 is 2.82 bits per heavy atom. The van der Waals surface area contributed by atoms with Crippen LogP contribution in [0.1, 0.15) is 29.6 Å². The Labute approximate surface area is 200 Å². The minimum atomic E-state index is 0.272. The molecule has 0 N–H and O–H groups in total. The van der Waals surface area contributed by atoms with Crippen molar-refractivity contribution in [3.63, 3.8) is 0 Å². The van der Waals surface area contributed by atoms with E-state index >= 15 is 0 Å². The van der Waals surface area contributed by atoms with Gasteiger partial charge in [0.2, 0.25) is 6.79 Å². The van der Waals surface area contributed by atoms with Crippen LogP contribution >= 0.6 is 23.1 Å². The summed E-state index contributed by atoms with van der Waals surface area (Å²) in [6.07, 6.45) is 0. The zero-order chi connectivity index (χ0) is 22.8. The normalized spacial score (nSPS) is 12.3. The summed E-state index contributed by atoms with van der Waals surface area (Å²) >= 11 is 3.26. The van der Waals surface area contributed by atoms with E-state index in [4.69, 9.17) is 19.2 Å². The van der Waals surface area contributed by atoms with Crippen molar-refractivity contribution in [2.75, 3.05) is 6.79 Å². The monoisotopic (exact) mass is 480 g/mol. The lowest BCUT2D eigenvalue weighted by molar-refractivity contribution is 0.174. The average molecular weight is 481 g/mol. The van der Waals surface area contributed by atoms with Gasteiger partial charge in [0.05, 0.1) is 5.69 Å². The minimum absolute atomic E-state index is 0.272. The molecule has 5 rings (SSSR count). The molecule has 9 heteroatoms. The van der Waals surface area contributed by atoms with Crippen molar-refractivity contribution in [3.8, 4) is 27.8 Å². The number of rotatable bonds is 8. The molecule has 0 unspecified atom stereocenters. The Morgan fingerprint density at radius 1 is 1.09 bits per heavy atom. The number of nitrogens with zero attached hydrogens (tertiary/aromatic N) is 4. The lowest BCUT2D eigenvalue weighted by Gasteiger charge is -2.11. The third-order valence-electron chi connectivity index (χ3n) is 5.32. The third-order valence-corrected chi connectivity index (χ3v) is 7.26. The quantitative estimate of drug-likeness (QED) is 0.302. The first-order valence-corrected chi connectivity index (χ1v) is 12.6. The van der Waals surface area contributed by atoms with E-state index in [2.05, 4.69) is 53.0 Å². The van der Waals surface area contributed by atoms with Gasteiger partial charge in [0, 0.05) is 23.2 Å². The molecule has 3 heterocycles. The molecular weight excluding hydrogens is 456 g/mol. The fourth-order valence-electron chi connectivity index (χ4n) is 3.63. The van der Waals surface area contributed by atoms with Crippen LogP contribution in [0.4, 0.5) is 0 Å². The van der Waals surface area contributed by atoms with Gasteiger partial charge in [0.25, 0.3) is 0 Å². The molecular formula is C24H24N4O3S2. The summed E-state index contributed by atoms with van der Waals surface area (Å²) in [5, 5.41) is 12.7. The molecule has 0 radical (unpaired) electrons. The maximum Gasteiger partial charge on any atom is 0.231 e. The van der Waals surface area contributed by atoms with Gasteiger partial charge < -0.3 is 18.8 Å². The third kappa shape index (κ3) is 4.69. The van der Waals surface area contributed by atoms with Gasteiger partial charge in [0.15, 0.2) is 22.5 Å². The van der Waals surface area contributed by atoms with E-state index in [9.17, 15) is 0 Å². The number of benzene rings is 2. The van der Waals surface area contributed by atoms with Gasteiger partial charge in [-0.2, -0.15) is 0 Å². The molecule has 33 heavy (non-hydrogen) atoms. The van der Waals surface area contributed by atoms with Crippen LogP contribution < -0.4 is 14.2 Å². The molecule has 1 aliphatic rings. The lowest BCUT2D eigenvalue weighted by atomic mass is 10.1. The summed E-state index contributed by atoms with van der Waals surface area (Å²) in [7, 11) is 0. The summed E-state index contributed by atoms with van der Waals surface area (Å²) < 4.78 is 19.0. The maximum absolute atomic E-state index is 6.02. The molecule has 0 saturated heterocycles. The van der Waals surface area contributed by atoms with Crippen molar-refractivity contribution in [3.05, 3.63) is 64.4 Å². The summed E-state index contributed by atoms with van der Waals surface area (Å²) in [5.74, 6) is 3.96. The van der Waals surface area contributed by atoms with Crippen molar-refractivity contribution in [2.24, 2.45) is 0 Å². The molecule has 7 nitrogen and oxygen atoms in total. The summed E-state index contributed by atoms with van der Waals surface area (Å²) in [4.78, 5) is 4.80. The molecule has 2 aromatic carbocycles. The van der Waals surface area contributed by atoms with Crippen molar-refractivity contribution in [2.45, 2.75) is 44.8 Å². The molecule has 0 saturated carbocycles. The summed E-state index contributed by atoms with van der Waals surface area (Å²) in [6, 6.07) is 12.1. The largest absolute Gasteiger partial charge is 0.485 e. The van der Waals surface area contributed by atoms with E-state index in [1.807, 2.05) is 24.3 Å². The van der Waals surface area contributed by atoms with E-state index in [1.54, 1.807) is 23.1 Å². The fraction of sp³-hybridized carbons (Fsp3) is 0.292. The van der Waals surface area contributed by atoms with Crippen LogP contribution in [0.5, 0.6) is 17.2 Å². The van der Waals surface area contributed by atoms with E-state index < -0.39 is 0 Å². The van der Waals surface area contributed by atoms with E-state index in [0.717, 1.165) is 62.4 Å². The maximum atomic E-state index is 6.02. The van der Waals surface area contributed by atoms with Crippen LogP contribution in [-0.4, -0.2) is 26.5 Å². The Morgan fingerprint density at radius 2 is 1.97 bits per heavy atom. The molecule has 4 aromatic rings. The second-order valence-electron chi connectivity index (χ2n) is 7.70. The zero-order valence-corrected chi connectivity index (χ0v) is 20.3. The highest BCUT2D eigenvalue weighted by atomic mass is 32.2.